The van der Waals surface area contributed by atoms with Crippen LogP contribution in [0.1, 0.15) is 22.4 Å². The predicted octanol–water partition coefficient (Wildman–Crippen LogP) is 2.54. The van der Waals surface area contributed by atoms with E-state index in [1.807, 2.05) is 37.2 Å². The lowest BCUT2D eigenvalue weighted by Gasteiger charge is -2.27. The molecule has 0 bridgehead atoms. The van der Waals surface area contributed by atoms with Crippen LogP contribution in [0.2, 0.25) is 0 Å². The van der Waals surface area contributed by atoms with E-state index in [4.69, 9.17) is 0 Å². The van der Waals surface area contributed by atoms with Gasteiger partial charge in [-0.3, -0.25) is 14.2 Å². The molecule has 0 radical (unpaired) electrons. The quantitative estimate of drug-likeness (QED) is 0.627. The summed E-state index contributed by atoms with van der Waals surface area (Å²) in [5, 5.41) is 0.752. The van der Waals surface area contributed by atoms with Crippen LogP contribution in [0.5, 0.6) is 0 Å². The summed E-state index contributed by atoms with van der Waals surface area (Å²) >= 11 is 1.55. The molecule has 6 nitrogen and oxygen atoms in total. The first-order chi connectivity index (χ1) is 14.0. The van der Waals surface area contributed by atoms with E-state index in [0.717, 1.165) is 40.0 Å². The number of thiophene rings is 1. The van der Waals surface area contributed by atoms with E-state index in [2.05, 4.69) is 22.0 Å². The van der Waals surface area contributed by atoms with Crippen molar-refractivity contribution >= 4 is 27.5 Å². The zero-order valence-corrected chi connectivity index (χ0v) is 17.7. The van der Waals surface area contributed by atoms with Crippen molar-refractivity contribution in [2.75, 3.05) is 27.2 Å². The predicted molar refractivity (Wildman–Crippen MR) is 116 cm³/mol. The number of fused-ring (bicyclic) bond motifs is 3. The number of hydrogen-bond acceptors (Lipinski definition) is 5. The summed E-state index contributed by atoms with van der Waals surface area (Å²) in [6.45, 7) is 2.67. The highest BCUT2D eigenvalue weighted by Gasteiger charge is 2.26. The second-order valence-electron chi connectivity index (χ2n) is 7.78. The molecule has 1 aliphatic rings. The van der Waals surface area contributed by atoms with Crippen molar-refractivity contribution in [1.29, 1.82) is 0 Å². The van der Waals surface area contributed by atoms with Gasteiger partial charge in [-0.05, 0) is 38.1 Å². The van der Waals surface area contributed by atoms with Gasteiger partial charge in [0, 0.05) is 30.9 Å². The number of nitrogens with zero attached hydrogens (tertiary/aromatic N) is 4. The first-order valence-corrected chi connectivity index (χ1v) is 10.8. The number of likely N-dealkylation sites (N-methyl/N-ethyl adjacent to an activating group) is 1. The Morgan fingerprint density at radius 3 is 2.79 bits per heavy atom. The third-order valence-electron chi connectivity index (χ3n) is 5.44. The number of carbonyl (C=O) groups is 1. The van der Waals surface area contributed by atoms with E-state index in [-0.39, 0.29) is 11.5 Å². The van der Waals surface area contributed by atoms with Crippen LogP contribution in [0, 0.1) is 0 Å². The first kappa shape index (κ1) is 19.8. The number of hydrogen-bond donors (Lipinski definition) is 0. The Balaban J connectivity index is 1.50. The number of carbonyl (C=O) groups excluding carboxylic acids is 1. The average molecular weight is 411 g/mol. The highest BCUT2D eigenvalue weighted by atomic mass is 32.1. The van der Waals surface area contributed by atoms with Crippen LogP contribution >= 0.6 is 11.3 Å². The third-order valence-corrected chi connectivity index (χ3v) is 6.56. The minimum absolute atomic E-state index is 0.0400. The Morgan fingerprint density at radius 1 is 1.24 bits per heavy atom. The number of aryl methyl sites for hydroxylation is 1. The first-order valence-electron chi connectivity index (χ1n) is 9.99. The lowest BCUT2D eigenvalue weighted by molar-refractivity contribution is -0.132. The van der Waals surface area contributed by atoms with Gasteiger partial charge in [-0.15, -0.1) is 11.3 Å². The molecule has 0 spiro atoms. The molecular formula is C22H26N4O2S. The Bertz CT molecular complexity index is 1070. The van der Waals surface area contributed by atoms with Gasteiger partial charge < -0.3 is 9.80 Å². The van der Waals surface area contributed by atoms with Crippen molar-refractivity contribution in [3.05, 3.63) is 63.0 Å². The zero-order valence-electron chi connectivity index (χ0n) is 16.9. The van der Waals surface area contributed by atoms with Crippen molar-refractivity contribution in [3.63, 3.8) is 0 Å². The largest absolute Gasteiger partial charge is 0.337 e. The van der Waals surface area contributed by atoms with Crippen molar-refractivity contribution in [2.24, 2.45) is 0 Å². The fraction of sp³-hybridized carbons (Fsp3) is 0.409. The second kappa shape index (κ2) is 8.47. The van der Waals surface area contributed by atoms with E-state index in [9.17, 15) is 9.59 Å². The molecule has 7 heteroatoms. The molecule has 1 aliphatic heterocycles. The van der Waals surface area contributed by atoms with Gasteiger partial charge in [-0.2, -0.15) is 0 Å². The summed E-state index contributed by atoms with van der Waals surface area (Å²) in [6.07, 6.45) is 3.65. The SMILES string of the molecule is CN(C)CCn1cnc2sc3c(c2c1=O)CCN(C(=O)CCc1ccccc1)C3. The van der Waals surface area contributed by atoms with Gasteiger partial charge in [-0.1, -0.05) is 30.3 Å². The molecule has 1 aromatic carbocycles. The average Bonchev–Trinajstić information content (AvgIpc) is 3.10. The molecule has 0 N–H and O–H groups in total. The number of amides is 1. The molecule has 29 heavy (non-hydrogen) atoms. The van der Waals surface area contributed by atoms with Crippen molar-refractivity contribution in [2.45, 2.75) is 32.4 Å². The van der Waals surface area contributed by atoms with Gasteiger partial charge in [-0.25, -0.2) is 4.98 Å². The smallest absolute Gasteiger partial charge is 0.262 e. The Hall–Kier alpha value is -2.51. The minimum Gasteiger partial charge on any atom is -0.337 e. The molecule has 3 aromatic rings. The van der Waals surface area contributed by atoms with Gasteiger partial charge in [0.1, 0.15) is 4.83 Å². The summed E-state index contributed by atoms with van der Waals surface area (Å²) in [5.41, 5.74) is 2.31. The molecule has 0 unspecified atom stereocenters. The minimum atomic E-state index is 0.0400. The normalized spacial score (nSPS) is 13.8. The van der Waals surface area contributed by atoms with Gasteiger partial charge in [0.25, 0.3) is 5.56 Å². The van der Waals surface area contributed by atoms with Crippen LogP contribution in [0.4, 0.5) is 0 Å². The van der Waals surface area contributed by atoms with Gasteiger partial charge in [0.2, 0.25) is 5.91 Å². The molecule has 0 saturated heterocycles. The summed E-state index contributed by atoms with van der Waals surface area (Å²) in [7, 11) is 3.99. The van der Waals surface area contributed by atoms with E-state index < -0.39 is 0 Å². The maximum atomic E-state index is 13.0. The molecule has 4 rings (SSSR count). The van der Waals surface area contributed by atoms with Gasteiger partial charge in [0.15, 0.2) is 0 Å². The summed E-state index contributed by atoms with van der Waals surface area (Å²) in [6, 6.07) is 10.1. The molecule has 0 fully saturated rings. The summed E-state index contributed by atoms with van der Waals surface area (Å²) < 4.78 is 1.70. The number of aromatic nitrogens is 2. The Morgan fingerprint density at radius 2 is 2.03 bits per heavy atom. The standard InChI is InChI=1S/C22H26N4O2S/c1-24(2)12-13-26-15-23-21-20(22(26)28)17-10-11-25(14-18(17)29-21)19(27)9-8-16-6-4-3-5-7-16/h3-7,15H,8-14H2,1-2H3. The Kier molecular flexibility index (Phi) is 5.78. The maximum absolute atomic E-state index is 13.0. The van der Waals surface area contributed by atoms with E-state index >= 15 is 0 Å². The van der Waals surface area contributed by atoms with Crippen LogP contribution in [0.15, 0.2) is 41.5 Å². The van der Waals surface area contributed by atoms with Crippen LogP contribution < -0.4 is 5.56 Å². The van der Waals surface area contributed by atoms with Gasteiger partial charge >= 0.3 is 0 Å². The molecular weight excluding hydrogens is 384 g/mol. The lowest BCUT2D eigenvalue weighted by Crippen LogP contribution is -2.35. The third kappa shape index (κ3) is 4.26. The molecule has 0 saturated carbocycles. The van der Waals surface area contributed by atoms with Gasteiger partial charge in [0.05, 0.1) is 18.3 Å². The molecule has 3 heterocycles. The topological polar surface area (TPSA) is 58.4 Å². The van der Waals surface area contributed by atoms with Crippen molar-refractivity contribution in [3.8, 4) is 0 Å². The summed E-state index contributed by atoms with van der Waals surface area (Å²) in [5.74, 6) is 0.174. The monoisotopic (exact) mass is 410 g/mol. The van der Waals surface area contributed by atoms with Crippen molar-refractivity contribution in [1.82, 2.24) is 19.4 Å². The fourth-order valence-corrected chi connectivity index (χ4v) is 4.95. The molecule has 0 aliphatic carbocycles. The van der Waals surface area contributed by atoms with E-state index in [1.165, 1.54) is 5.56 Å². The highest BCUT2D eigenvalue weighted by Crippen LogP contribution is 2.32. The lowest BCUT2D eigenvalue weighted by atomic mass is 10.0. The van der Waals surface area contributed by atoms with E-state index in [1.54, 1.807) is 22.2 Å². The second-order valence-corrected chi connectivity index (χ2v) is 8.86. The van der Waals surface area contributed by atoms with Crippen molar-refractivity contribution < 1.29 is 4.79 Å². The highest BCUT2D eigenvalue weighted by molar-refractivity contribution is 7.18. The number of benzene rings is 1. The van der Waals surface area contributed by atoms with Crippen LogP contribution in [0.3, 0.4) is 0 Å². The van der Waals surface area contributed by atoms with Crippen LogP contribution in [-0.4, -0.2) is 52.4 Å². The fourth-order valence-electron chi connectivity index (χ4n) is 3.75. The molecule has 1 amide bonds. The van der Waals surface area contributed by atoms with Crippen LogP contribution in [-0.2, 0) is 30.7 Å². The summed E-state index contributed by atoms with van der Waals surface area (Å²) in [4.78, 5) is 36.1. The maximum Gasteiger partial charge on any atom is 0.262 e. The molecule has 2 aromatic heterocycles. The molecule has 0 atom stereocenters. The van der Waals surface area contributed by atoms with Crippen LogP contribution in [0.25, 0.3) is 10.2 Å². The zero-order chi connectivity index (χ0) is 20.4. The number of rotatable bonds is 6. The Labute approximate surface area is 174 Å². The molecule has 152 valence electrons. The van der Waals surface area contributed by atoms with E-state index in [0.29, 0.717) is 26.1 Å².